The van der Waals surface area contributed by atoms with Gasteiger partial charge in [-0.1, -0.05) is 0 Å². The summed E-state index contributed by atoms with van der Waals surface area (Å²) < 4.78 is 52.7. The average molecular weight is 847 g/mol. The van der Waals surface area contributed by atoms with Crippen molar-refractivity contribution in [1.29, 1.82) is 0 Å². The van der Waals surface area contributed by atoms with Gasteiger partial charge in [0.15, 0.2) is 37.4 Å². The van der Waals surface area contributed by atoms with Crippen molar-refractivity contribution in [3.63, 3.8) is 0 Å². The fourth-order valence-corrected chi connectivity index (χ4v) is 7.51. The molecule has 0 aliphatic carbocycles. The molecule has 6 rings (SSSR count). The van der Waals surface area contributed by atoms with E-state index in [2.05, 4.69) is 10.6 Å². The van der Waals surface area contributed by atoms with Gasteiger partial charge in [-0.05, 0) is 6.92 Å². The van der Waals surface area contributed by atoms with Crippen molar-refractivity contribution in [2.24, 2.45) is 0 Å². The summed E-state index contributed by atoms with van der Waals surface area (Å²) in [5.74, 6) is -2.75. The SMILES string of the molecule is CC(=O)N[C@H]1[C@@H]2O[C@H]3[C@@H](O)[C@@H](CO)O[C@@H](O[C@@H]4[C@@H](O)[C@@H](O[C@H]([C@@H]1O)[C@@H](CO)O2)O[C@H](CO)[C@@H]4O[C@@H]1O[C@H](CO)[C@@H](OC(=O)C(O)CC(C)O)[C@H](O)[C@@H]1O)[C@@H]3NC(C)=O. The maximum Gasteiger partial charge on any atom is 0.335 e. The summed E-state index contributed by atoms with van der Waals surface area (Å²) in [5, 5.41) is 123. The first-order chi connectivity index (χ1) is 27.4. The van der Waals surface area contributed by atoms with E-state index in [4.69, 9.17) is 42.6 Å². The third kappa shape index (κ3) is 10.0. The number of carbonyl (C=O) groups excluding carboxylic acids is 3. The second-order valence-electron chi connectivity index (χ2n) is 14.7. The van der Waals surface area contributed by atoms with Crippen LogP contribution in [0.1, 0.15) is 27.2 Å². The molecule has 334 valence electrons. The fourth-order valence-electron chi connectivity index (χ4n) is 7.51. The Balaban J connectivity index is 1.54. The molecule has 22 atom stereocenters. The van der Waals surface area contributed by atoms with Gasteiger partial charge in [0.05, 0.1) is 32.5 Å². The van der Waals surface area contributed by atoms with Gasteiger partial charge in [0.25, 0.3) is 0 Å². The Hall–Kier alpha value is -2.35. The Morgan fingerprint density at radius 2 is 1.09 bits per heavy atom. The van der Waals surface area contributed by atoms with Crippen LogP contribution in [0.5, 0.6) is 0 Å². The second-order valence-corrected chi connectivity index (χ2v) is 14.7. The highest BCUT2D eigenvalue weighted by Gasteiger charge is 2.59. The molecule has 2 amide bonds. The van der Waals surface area contributed by atoms with E-state index in [1.54, 1.807) is 0 Å². The van der Waals surface area contributed by atoms with Crippen LogP contribution in [0.3, 0.4) is 0 Å². The minimum Gasteiger partial charge on any atom is -0.455 e. The second kappa shape index (κ2) is 20.0. The van der Waals surface area contributed by atoms with Crippen LogP contribution in [0, 0.1) is 0 Å². The molecule has 0 spiro atoms. The Morgan fingerprint density at radius 3 is 1.67 bits per heavy atom. The third-order valence-electron chi connectivity index (χ3n) is 10.3. The number of amides is 2. The van der Waals surface area contributed by atoms with Crippen molar-refractivity contribution < 1.29 is 113 Å². The predicted molar refractivity (Wildman–Crippen MR) is 180 cm³/mol. The highest BCUT2D eigenvalue weighted by Crippen LogP contribution is 2.38. The fraction of sp³-hybridized carbons (Fsp3) is 0.909. The minimum absolute atomic E-state index is 0.443. The van der Waals surface area contributed by atoms with Gasteiger partial charge in [0, 0.05) is 20.3 Å². The smallest absolute Gasteiger partial charge is 0.335 e. The van der Waals surface area contributed by atoms with Crippen molar-refractivity contribution >= 4 is 17.8 Å². The number of hydrogen-bond acceptors (Lipinski definition) is 23. The first-order valence-electron chi connectivity index (χ1n) is 18.6. The number of carbonyl (C=O) groups is 3. The summed E-state index contributed by atoms with van der Waals surface area (Å²) in [7, 11) is 0. The molecule has 0 saturated carbocycles. The zero-order valence-corrected chi connectivity index (χ0v) is 31.6. The molecule has 0 aromatic carbocycles. The van der Waals surface area contributed by atoms with Crippen molar-refractivity contribution in [1.82, 2.24) is 10.6 Å². The average Bonchev–Trinajstić information content (AvgIpc) is 3.17. The molecule has 13 N–H and O–H groups in total. The molecule has 0 aromatic rings. The lowest BCUT2D eigenvalue weighted by Gasteiger charge is -2.50. The van der Waals surface area contributed by atoms with Crippen LogP contribution < -0.4 is 10.6 Å². The Kier molecular flexibility index (Phi) is 16.1. The summed E-state index contributed by atoms with van der Waals surface area (Å²) in [4.78, 5) is 37.4. The van der Waals surface area contributed by atoms with E-state index in [1.165, 1.54) is 6.92 Å². The van der Waals surface area contributed by atoms with Crippen LogP contribution >= 0.6 is 0 Å². The highest BCUT2D eigenvalue weighted by atomic mass is 16.8. The predicted octanol–water partition coefficient (Wildman–Crippen LogP) is -8.73. The standard InChI is InChI=1S/C33H54N2O23/c1-9(40)4-12(43)29(49)54-25-15(7-38)52-32(22(47)21(25)46)56-26-16(8-39)53-33-23(48)28(26)58-31-18(35-11(3)42)27(19(44)13(5-36)50-31)57-30-17(34-10(2)41)20(45)24(55-33)14(6-37)51-30/h9,12-28,30-33,36-40,43-48H,4-8H2,1-3H3,(H,34,41)(H,35,42)/t9?,12?,13-,14-,15-,16-,17-,18-,19+,20-,21-,22+,23-,24+,25-,26+,27-,28-,30+,31+,32+,33-/m1/s1. The molecule has 6 heterocycles. The number of aliphatic hydroxyl groups is 11. The number of rotatable bonds is 12. The third-order valence-corrected chi connectivity index (χ3v) is 10.3. The van der Waals surface area contributed by atoms with Crippen LogP contribution in [-0.2, 0) is 57.0 Å². The van der Waals surface area contributed by atoms with Gasteiger partial charge in [-0.25, -0.2) is 4.79 Å². The Bertz CT molecular complexity index is 1380. The zero-order valence-electron chi connectivity index (χ0n) is 31.6. The minimum atomic E-state index is -2.13. The van der Waals surface area contributed by atoms with Gasteiger partial charge in [-0.2, -0.15) is 0 Å². The summed E-state index contributed by atoms with van der Waals surface area (Å²) in [5.41, 5.74) is 0. The number of nitrogens with one attached hydrogen (secondary N) is 2. The highest BCUT2D eigenvalue weighted by molar-refractivity contribution is 5.75. The van der Waals surface area contributed by atoms with Gasteiger partial charge in [0.2, 0.25) is 11.8 Å². The van der Waals surface area contributed by atoms with Gasteiger partial charge >= 0.3 is 5.97 Å². The van der Waals surface area contributed by atoms with E-state index in [-0.39, 0.29) is 0 Å². The summed E-state index contributed by atoms with van der Waals surface area (Å²) in [6.07, 6.45) is -35.7. The van der Waals surface area contributed by atoms with Crippen molar-refractivity contribution in [2.45, 2.75) is 162 Å². The summed E-state index contributed by atoms with van der Waals surface area (Å²) in [6.45, 7) is -0.189. The number of hydrogen-bond donors (Lipinski definition) is 13. The molecular formula is C33H54N2O23. The largest absolute Gasteiger partial charge is 0.455 e. The number of ether oxygens (including phenoxy) is 9. The van der Waals surface area contributed by atoms with Gasteiger partial charge in [0.1, 0.15) is 91.4 Å². The van der Waals surface area contributed by atoms with E-state index in [9.17, 15) is 70.6 Å². The van der Waals surface area contributed by atoms with E-state index >= 15 is 0 Å². The quantitative estimate of drug-likeness (QED) is 0.0811. The number of aliphatic hydroxyl groups excluding tert-OH is 11. The van der Waals surface area contributed by atoms with Crippen LogP contribution in [0.15, 0.2) is 0 Å². The molecule has 58 heavy (non-hydrogen) atoms. The topological polar surface area (TPSA) is 381 Å². The van der Waals surface area contributed by atoms with Crippen LogP contribution in [0.2, 0.25) is 0 Å². The number of esters is 1. The first kappa shape index (κ1) is 46.7. The van der Waals surface area contributed by atoms with E-state index < -0.39 is 186 Å². The van der Waals surface area contributed by atoms with Crippen molar-refractivity contribution in [3.05, 3.63) is 0 Å². The summed E-state index contributed by atoms with van der Waals surface area (Å²) >= 11 is 0. The monoisotopic (exact) mass is 846 g/mol. The molecule has 6 saturated heterocycles. The number of fused-ring (bicyclic) bond motifs is 2. The first-order valence-corrected chi connectivity index (χ1v) is 18.6. The lowest BCUT2D eigenvalue weighted by atomic mass is 9.94. The molecule has 6 aliphatic rings. The maximum atomic E-state index is 12.6. The molecule has 6 bridgehead atoms. The Morgan fingerprint density at radius 1 is 0.569 bits per heavy atom. The molecule has 25 heteroatoms. The van der Waals surface area contributed by atoms with E-state index in [0.717, 1.165) is 13.8 Å². The molecular weight excluding hydrogens is 792 g/mol. The van der Waals surface area contributed by atoms with Crippen LogP contribution in [0.4, 0.5) is 0 Å². The van der Waals surface area contributed by atoms with E-state index in [0.29, 0.717) is 0 Å². The molecule has 6 fully saturated rings. The van der Waals surface area contributed by atoms with Crippen LogP contribution in [0.25, 0.3) is 0 Å². The van der Waals surface area contributed by atoms with E-state index in [1.807, 2.05) is 0 Å². The van der Waals surface area contributed by atoms with Gasteiger partial charge < -0.3 is 109 Å². The molecule has 2 unspecified atom stereocenters. The van der Waals surface area contributed by atoms with Gasteiger partial charge in [-0.15, -0.1) is 0 Å². The lowest BCUT2D eigenvalue weighted by molar-refractivity contribution is -0.386. The normalized spacial score (nSPS) is 45.4. The van der Waals surface area contributed by atoms with Crippen molar-refractivity contribution in [2.75, 3.05) is 26.4 Å². The molecule has 0 radical (unpaired) electrons. The lowest BCUT2D eigenvalue weighted by Crippen LogP contribution is -2.70. The van der Waals surface area contributed by atoms with Crippen molar-refractivity contribution in [3.8, 4) is 0 Å². The van der Waals surface area contributed by atoms with Crippen LogP contribution in [-0.4, -0.2) is 235 Å². The zero-order chi connectivity index (χ0) is 42.7. The maximum absolute atomic E-state index is 12.6. The molecule has 25 nitrogen and oxygen atoms in total. The Labute approximate surface area is 330 Å². The van der Waals surface area contributed by atoms with Gasteiger partial charge in [-0.3, -0.25) is 9.59 Å². The molecule has 0 aromatic heterocycles. The molecule has 6 aliphatic heterocycles. The summed E-state index contributed by atoms with van der Waals surface area (Å²) in [6, 6.07) is -3.08.